The number of nitrogens with one attached hydrogen (secondary N) is 1. The van der Waals surface area contributed by atoms with Crippen molar-refractivity contribution in [3.63, 3.8) is 0 Å². The molecule has 0 bridgehead atoms. The van der Waals surface area contributed by atoms with Crippen molar-refractivity contribution in [2.45, 2.75) is 38.8 Å². The van der Waals surface area contributed by atoms with Crippen LogP contribution in [0.2, 0.25) is 0 Å². The van der Waals surface area contributed by atoms with E-state index in [1.807, 2.05) is 6.92 Å². The van der Waals surface area contributed by atoms with Crippen LogP contribution in [0.1, 0.15) is 38.3 Å². The van der Waals surface area contributed by atoms with Crippen LogP contribution in [0.15, 0.2) is 18.2 Å². The van der Waals surface area contributed by atoms with Gasteiger partial charge < -0.3 is 10.2 Å². The Labute approximate surface area is 120 Å². The number of rotatable bonds is 4. The Morgan fingerprint density at radius 3 is 2.75 bits per heavy atom. The van der Waals surface area contributed by atoms with Crippen molar-refractivity contribution in [2.75, 3.05) is 20.1 Å². The van der Waals surface area contributed by atoms with E-state index >= 15 is 0 Å². The van der Waals surface area contributed by atoms with Gasteiger partial charge in [-0.25, -0.2) is 8.78 Å². The first-order chi connectivity index (χ1) is 9.47. The molecule has 1 aromatic rings. The summed E-state index contributed by atoms with van der Waals surface area (Å²) < 4.78 is 27.0. The molecule has 20 heavy (non-hydrogen) atoms. The van der Waals surface area contributed by atoms with Crippen LogP contribution < -0.4 is 5.32 Å². The number of piperidine rings is 1. The van der Waals surface area contributed by atoms with Crippen LogP contribution in [-0.2, 0) is 0 Å². The standard InChI is InChI=1S/C16H24F2N2/c1-11(13-5-4-8-20(3)10-13)19-12(2)15-9-14(17)6-7-16(15)18/h6-7,9,11-13,19H,4-5,8,10H2,1-3H3. The smallest absolute Gasteiger partial charge is 0.128 e. The zero-order valence-electron chi connectivity index (χ0n) is 12.5. The Bertz CT molecular complexity index is 450. The fourth-order valence-corrected chi connectivity index (χ4v) is 3.08. The van der Waals surface area contributed by atoms with Gasteiger partial charge in [0.15, 0.2) is 0 Å². The van der Waals surface area contributed by atoms with Crippen molar-refractivity contribution in [1.29, 1.82) is 0 Å². The molecule has 4 heteroatoms. The van der Waals surface area contributed by atoms with E-state index in [4.69, 9.17) is 0 Å². The Balaban J connectivity index is 1.99. The lowest BCUT2D eigenvalue weighted by Crippen LogP contribution is -2.43. The molecule has 0 radical (unpaired) electrons. The Morgan fingerprint density at radius 2 is 2.05 bits per heavy atom. The second-order valence-electron chi connectivity index (χ2n) is 6.01. The van der Waals surface area contributed by atoms with Crippen LogP contribution in [0.25, 0.3) is 0 Å². The van der Waals surface area contributed by atoms with E-state index in [0.29, 0.717) is 11.5 Å². The maximum absolute atomic E-state index is 13.8. The van der Waals surface area contributed by atoms with E-state index in [0.717, 1.165) is 19.2 Å². The summed E-state index contributed by atoms with van der Waals surface area (Å²) >= 11 is 0. The van der Waals surface area contributed by atoms with Crippen LogP contribution >= 0.6 is 0 Å². The molecule has 1 saturated heterocycles. The number of hydrogen-bond acceptors (Lipinski definition) is 2. The molecule has 1 aliphatic heterocycles. The summed E-state index contributed by atoms with van der Waals surface area (Å²) in [4.78, 5) is 2.33. The van der Waals surface area contributed by atoms with Gasteiger partial charge in [0.05, 0.1) is 0 Å². The second kappa shape index (κ2) is 6.64. The molecule has 2 nitrogen and oxygen atoms in total. The molecule has 0 spiro atoms. The van der Waals surface area contributed by atoms with Gasteiger partial charge >= 0.3 is 0 Å². The maximum Gasteiger partial charge on any atom is 0.128 e. The molecule has 2 rings (SSSR count). The molecule has 112 valence electrons. The van der Waals surface area contributed by atoms with Crippen LogP contribution in [-0.4, -0.2) is 31.1 Å². The van der Waals surface area contributed by atoms with Crippen LogP contribution in [0.3, 0.4) is 0 Å². The Hall–Kier alpha value is -1.00. The van der Waals surface area contributed by atoms with E-state index in [1.165, 1.54) is 25.0 Å². The second-order valence-corrected chi connectivity index (χ2v) is 6.01. The van der Waals surface area contributed by atoms with Gasteiger partial charge in [-0.3, -0.25) is 0 Å². The van der Waals surface area contributed by atoms with Gasteiger partial charge in [-0.05, 0) is 64.4 Å². The maximum atomic E-state index is 13.8. The van der Waals surface area contributed by atoms with Crippen molar-refractivity contribution >= 4 is 0 Å². The van der Waals surface area contributed by atoms with E-state index in [-0.39, 0.29) is 23.7 Å². The van der Waals surface area contributed by atoms with Crippen LogP contribution in [0.5, 0.6) is 0 Å². The van der Waals surface area contributed by atoms with Crippen molar-refractivity contribution in [3.05, 3.63) is 35.4 Å². The topological polar surface area (TPSA) is 15.3 Å². The Kier molecular flexibility index (Phi) is 5.11. The van der Waals surface area contributed by atoms with Gasteiger partial charge in [-0.2, -0.15) is 0 Å². The molecule has 1 aliphatic rings. The first kappa shape index (κ1) is 15.4. The van der Waals surface area contributed by atoms with E-state index in [1.54, 1.807) is 0 Å². The van der Waals surface area contributed by atoms with Gasteiger partial charge in [-0.1, -0.05) is 0 Å². The molecule has 3 atom stereocenters. The lowest BCUT2D eigenvalue weighted by Gasteiger charge is -2.35. The number of benzene rings is 1. The molecular weight excluding hydrogens is 258 g/mol. The van der Waals surface area contributed by atoms with Gasteiger partial charge in [0.25, 0.3) is 0 Å². The first-order valence-corrected chi connectivity index (χ1v) is 7.37. The van der Waals surface area contributed by atoms with E-state index in [9.17, 15) is 8.78 Å². The highest BCUT2D eigenvalue weighted by Gasteiger charge is 2.24. The van der Waals surface area contributed by atoms with Crippen molar-refractivity contribution < 1.29 is 8.78 Å². The quantitative estimate of drug-likeness (QED) is 0.911. The summed E-state index contributed by atoms with van der Waals surface area (Å²) in [6.07, 6.45) is 2.40. The van der Waals surface area contributed by atoms with Gasteiger partial charge in [0.1, 0.15) is 11.6 Å². The average Bonchev–Trinajstić information content (AvgIpc) is 2.41. The summed E-state index contributed by atoms with van der Waals surface area (Å²) in [5.41, 5.74) is 0.404. The van der Waals surface area contributed by atoms with Crippen molar-refractivity contribution in [3.8, 4) is 0 Å². The lowest BCUT2D eigenvalue weighted by atomic mass is 9.91. The molecule has 0 amide bonds. The number of likely N-dealkylation sites (tertiary alicyclic amines) is 1. The minimum atomic E-state index is -0.389. The molecule has 0 aliphatic carbocycles. The highest BCUT2D eigenvalue weighted by molar-refractivity contribution is 5.22. The summed E-state index contributed by atoms with van der Waals surface area (Å²) in [7, 11) is 2.13. The fraction of sp³-hybridized carbons (Fsp3) is 0.625. The number of nitrogens with zero attached hydrogens (tertiary/aromatic N) is 1. The highest BCUT2D eigenvalue weighted by Crippen LogP contribution is 2.23. The predicted octanol–water partition coefficient (Wildman–Crippen LogP) is 3.35. The molecule has 1 aromatic carbocycles. The zero-order valence-corrected chi connectivity index (χ0v) is 12.5. The number of hydrogen-bond donors (Lipinski definition) is 1. The SMILES string of the molecule is CC(NC(C)C1CCCN(C)C1)c1cc(F)ccc1F. The highest BCUT2D eigenvalue weighted by atomic mass is 19.1. The predicted molar refractivity (Wildman–Crippen MR) is 77.6 cm³/mol. The monoisotopic (exact) mass is 282 g/mol. The third-order valence-corrected chi connectivity index (χ3v) is 4.31. The van der Waals surface area contributed by atoms with Gasteiger partial charge in [0.2, 0.25) is 0 Å². The summed E-state index contributed by atoms with van der Waals surface area (Å²) in [6, 6.07) is 3.74. The third kappa shape index (κ3) is 3.76. The van der Waals surface area contributed by atoms with Crippen LogP contribution in [0, 0.1) is 17.6 Å². The molecule has 0 saturated carbocycles. The summed E-state index contributed by atoms with van der Waals surface area (Å²) in [5.74, 6) is -0.174. The zero-order chi connectivity index (χ0) is 14.7. The molecule has 3 unspecified atom stereocenters. The van der Waals surface area contributed by atoms with Crippen molar-refractivity contribution in [1.82, 2.24) is 10.2 Å². The van der Waals surface area contributed by atoms with E-state index in [2.05, 4.69) is 24.2 Å². The lowest BCUT2D eigenvalue weighted by molar-refractivity contribution is 0.174. The minimum absolute atomic E-state index is 0.187. The average molecular weight is 282 g/mol. The molecule has 1 N–H and O–H groups in total. The Morgan fingerprint density at radius 1 is 1.30 bits per heavy atom. The molecule has 1 heterocycles. The summed E-state index contributed by atoms with van der Waals surface area (Å²) in [5, 5.41) is 3.42. The fourth-order valence-electron chi connectivity index (χ4n) is 3.08. The van der Waals surface area contributed by atoms with E-state index < -0.39 is 0 Å². The molecule has 1 fully saturated rings. The van der Waals surface area contributed by atoms with Gasteiger partial charge in [-0.15, -0.1) is 0 Å². The summed E-state index contributed by atoms with van der Waals surface area (Å²) in [6.45, 7) is 6.24. The van der Waals surface area contributed by atoms with Crippen LogP contribution in [0.4, 0.5) is 8.78 Å². The third-order valence-electron chi connectivity index (χ3n) is 4.31. The first-order valence-electron chi connectivity index (χ1n) is 7.37. The van der Waals surface area contributed by atoms with Gasteiger partial charge in [0, 0.05) is 24.2 Å². The normalized spacial score (nSPS) is 23.6. The number of halogens is 2. The minimum Gasteiger partial charge on any atom is -0.307 e. The molecule has 0 aromatic heterocycles. The molecular formula is C16H24F2N2. The van der Waals surface area contributed by atoms with Crippen molar-refractivity contribution in [2.24, 2.45) is 5.92 Å². The largest absolute Gasteiger partial charge is 0.307 e.